The van der Waals surface area contributed by atoms with Gasteiger partial charge in [0.1, 0.15) is 10.4 Å². The molecule has 1 aliphatic heterocycles. The molecule has 1 aromatic heterocycles. The zero-order valence-corrected chi connectivity index (χ0v) is 11.8. The standard InChI is InChI=1S/C12H17N3O2S/c1-7-9(18-8(2)14-7)10(16)15-6-5-13-11(17)12(15,3)4/h5-6H2,1-4H3,(H,13,17). The van der Waals surface area contributed by atoms with Gasteiger partial charge in [-0.05, 0) is 27.7 Å². The molecule has 2 rings (SSSR count). The highest BCUT2D eigenvalue weighted by molar-refractivity contribution is 7.13. The van der Waals surface area contributed by atoms with Crippen molar-refractivity contribution in [2.45, 2.75) is 33.2 Å². The van der Waals surface area contributed by atoms with Crippen molar-refractivity contribution >= 4 is 23.2 Å². The van der Waals surface area contributed by atoms with Crippen LogP contribution in [-0.2, 0) is 4.79 Å². The van der Waals surface area contributed by atoms with Gasteiger partial charge in [-0.3, -0.25) is 9.59 Å². The molecule has 0 radical (unpaired) electrons. The van der Waals surface area contributed by atoms with Crippen molar-refractivity contribution in [2.75, 3.05) is 13.1 Å². The Kier molecular flexibility index (Phi) is 3.14. The fourth-order valence-electron chi connectivity index (χ4n) is 2.11. The van der Waals surface area contributed by atoms with E-state index in [1.54, 1.807) is 18.7 Å². The summed E-state index contributed by atoms with van der Waals surface area (Å²) in [6.07, 6.45) is 0. The quantitative estimate of drug-likeness (QED) is 0.829. The lowest BCUT2D eigenvalue weighted by Crippen LogP contribution is -2.63. The maximum absolute atomic E-state index is 12.5. The maximum Gasteiger partial charge on any atom is 0.266 e. The van der Waals surface area contributed by atoms with Gasteiger partial charge in [-0.25, -0.2) is 4.98 Å². The molecule has 2 heterocycles. The van der Waals surface area contributed by atoms with Gasteiger partial charge in [-0.2, -0.15) is 0 Å². The number of piperazine rings is 1. The number of rotatable bonds is 1. The number of nitrogens with zero attached hydrogens (tertiary/aromatic N) is 2. The minimum Gasteiger partial charge on any atom is -0.352 e. The molecule has 1 N–H and O–H groups in total. The van der Waals surface area contributed by atoms with Crippen LogP contribution in [0.3, 0.4) is 0 Å². The zero-order valence-electron chi connectivity index (χ0n) is 11.0. The first-order chi connectivity index (χ1) is 8.34. The zero-order chi connectivity index (χ0) is 13.5. The van der Waals surface area contributed by atoms with Gasteiger partial charge in [-0.15, -0.1) is 11.3 Å². The van der Waals surface area contributed by atoms with Gasteiger partial charge in [0, 0.05) is 13.1 Å². The van der Waals surface area contributed by atoms with Crippen molar-refractivity contribution < 1.29 is 9.59 Å². The van der Waals surface area contributed by atoms with E-state index < -0.39 is 5.54 Å². The Morgan fingerprint density at radius 3 is 2.67 bits per heavy atom. The molecule has 0 saturated carbocycles. The highest BCUT2D eigenvalue weighted by Crippen LogP contribution is 2.25. The Hall–Kier alpha value is -1.43. The summed E-state index contributed by atoms with van der Waals surface area (Å²) in [5, 5.41) is 3.65. The van der Waals surface area contributed by atoms with Crippen molar-refractivity contribution in [3.63, 3.8) is 0 Å². The summed E-state index contributed by atoms with van der Waals surface area (Å²) in [6, 6.07) is 0. The van der Waals surface area contributed by atoms with E-state index in [-0.39, 0.29) is 11.8 Å². The van der Waals surface area contributed by atoms with E-state index in [1.165, 1.54) is 11.3 Å². The second-order valence-corrected chi connectivity index (χ2v) is 6.12. The third-order valence-corrected chi connectivity index (χ3v) is 4.26. The van der Waals surface area contributed by atoms with Crippen molar-refractivity contribution in [1.82, 2.24) is 15.2 Å². The number of hydrogen-bond acceptors (Lipinski definition) is 4. The lowest BCUT2D eigenvalue weighted by molar-refractivity contribution is -0.133. The molecule has 98 valence electrons. The number of aryl methyl sites for hydroxylation is 2. The number of aromatic nitrogens is 1. The average Bonchev–Trinajstić information content (AvgIpc) is 2.61. The van der Waals surface area contributed by atoms with Gasteiger partial charge in [-0.1, -0.05) is 0 Å². The fourth-order valence-corrected chi connectivity index (χ4v) is 2.98. The van der Waals surface area contributed by atoms with Crippen LogP contribution in [0.4, 0.5) is 0 Å². The largest absolute Gasteiger partial charge is 0.352 e. The molecule has 1 aromatic rings. The highest BCUT2D eigenvalue weighted by atomic mass is 32.1. The summed E-state index contributed by atoms with van der Waals surface area (Å²) < 4.78 is 0. The van der Waals surface area contributed by atoms with Crippen LogP contribution in [-0.4, -0.2) is 40.3 Å². The van der Waals surface area contributed by atoms with Gasteiger partial charge < -0.3 is 10.2 Å². The monoisotopic (exact) mass is 267 g/mol. The van der Waals surface area contributed by atoms with Crippen LogP contribution in [0.15, 0.2) is 0 Å². The van der Waals surface area contributed by atoms with Crippen LogP contribution < -0.4 is 5.32 Å². The van der Waals surface area contributed by atoms with Crippen molar-refractivity contribution in [2.24, 2.45) is 0 Å². The minimum atomic E-state index is -0.806. The van der Waals surface area contributed by atoms with E-state index >= 15 is 0 Å². The predicted octanol–water partition coefficient (Wildman–Crippen LogP) is 1.11. The molecule has 1 aliphatic rings. The molecule has 0 aromatic carbocycles. The van der Waals surface area contributed by atoms with E-state index in [9.17, 15) is 9.59 Å². The Balaban J connectivity index is 2.33. The fraction of sp³-hybridized carbons (Fsp3) is 0.583. The molecular weight excluding hydrogens is 250 g/mol. The summed E-state index contributed by atoms with van der Waals surface area (Å²) >= 11 is 1.38. The second kappa shape index (κ2) is 4.35. The molecule has 5 nitrogen and oxygen atoms in total. The molecule has 0 unspecified atom stereocenters. The van der Waals surface area contributed by atoms with Crippen molar-refractivity contribution in [1.29, 1.82) is 0 Å². The lowest BCUT2D eigenvalue weighted by Gasteiger charge is -2.40. The first-order valence-corrected chi connectivity index (χ1v) is 6.70. The van der Waals surface area contributed by atoms with E-state index in [4.69, 9.17) is 0 Å². The van der Waals surface area contributed by atoms with E-state index in [0.717, 1.165) is 10.7 Å². The molecule has 0 atom stereocenters. The normalized spacial score (nSPS) is 18.7. The summed E-state index contributed by atoms with van der Waals surface area (Å²) in [6.45, 7) is 8.28. The maximum atomic E-state index is 12.5. The van der Waals surface area contributed by atoms with Crippen LogP contribution in [0.25, 0.3) is 0 Å². The van der Waals surface area contributed by atoms with Gasteiger partial charge in [0.25, 0.3) is 5.91 Å². The number of carbonyl (C=O) groups excluding carboxylic acids is 2. The highest BCUT2D eigenvalue weighted by Gasteiger charge is 2.41. The molecule has 2 amide bonds. The topological polar surface area (TPSA) is 62.3 Å². The molecule has 0 bridgehead atoms. The number of hydrogen-bond donors (Lipinski definition) is 1. The average molecular weight is 267 g/mol. The number of amides is 2. The molecule has 18 heavy (non-hydrogen) atoms. The lowest BCUT2D eigenvalue weighted by atomic mass is 9.98. The number of nitrogens with one attached hydrogen (secondary N) is 1. The molecule has 1 saturated heterocycles. The Labute approximate surface area is 110 Å². The van der Waals surface area contributed by atoms with Gasteiger partial charge in [0.2, 0.25) is 5.91 Å². The summed E-state index contributed by atoms with van der Waals surface area (Å²) in [5.74, 6) is -0.209. The first-order valence-electron chi connectivity index (χ1n) is 5.88. The molecule has 6 heteroatoms. The van der Waals surface area contributed by atoms with Crippen LogP contribution >= 0.6 is 11.3 Å². The van der Waals surface area contributed by atoms with Gasteiger partial charge in [0.05, 0.1) is 10.7 Å². The van der Waals surface area contributed by atoms with Crippen molar-refractivity contribution in [3.8, 4) is 0 Å². The van der Waals surface area contributed by atoms with E-state index in [1.807, 2.05) is 13.8 Å². The Morgan fingerprint density at radius 2 is 2.11 bits per heavy atom. The van der Waals surface area contributed by atoms with Crippen LogP contribution in [0, 0.1) is 13.8 Å². The third-order valence-electron chi connectivity index (χ3n) is 3.19. The van der Waals surface area contributed by atoms with Crippen LogP contribution in [0.5, 0.6) is 0 Å². The summed E-state index contributed by atoms with van der Waals surface area (Å²) in [7, 11) is 0. The molecule has 0 aliphatic carbocycles. The number of thiazole rings is 1. The number of carbonyl (C=O) groups is 2. The SMILES string of the molecule is Cc1nc(C)c(C(=O)N2CCNC(=O)C2(C)C)s1. The third kappa shape index (κ3) is 2.01. The first kappa shape index (κ1) is 13.0. The minimum absolute atomic E-state index is 0.0991. The summed E-state index contributed by atoms with van der Waals surface area (Å²) in [4.78, 5) is 30.9. The van der Waals surface area contributed by atoms with E-state index in [2.05, 4.69) is 10.3 Å². The molecule has 0 spiro atoms. The summed E-state index contributed by atoms with van der Waals surface area (Å²) in [5.41, 5.74) is -0.0658. The van der Waals surface area contributed by atoms with E-state index in [0.29, 0.717) is 18.0 Å². The van der Waals surface area contributed by atoms with Gasteiger partial charge in [0.15, 0.2) is 0 Å². The molecule has 1 fully saturated rings. The Morgan fingerprint density at radius 1 is 1.44 bits per heavy atom. The van der Waals surface area contributed by atoms with Gasteiger partial charge >= 0.3 is 0 Å². The van der Waals surface area contributed by atoms with Crippen LogP contribution in [0.1, 0.15) is 34.2 Å². The predicted molar refractivity (Wildman–Crippen MR) is 69.7 cm³/mol. The van der Waals surface area contributed by atoms with Crippen molar-refractivity contribution in [3.05, 3.63) is 15.6 Å². The smallest absolute Gasteiger partial charge is 0.266 e. The molecular formula is C12H17N3O2S. The second-order valence-electron chi connectivity index (χ2n) is 4.92. The van der Waals surface area contributed by atoms with Crippen LogP contribution in [0.2, 0.25) is 0 Å². The Bertz CT molecular complexity index is 507.